The minimum atomic E-state index is -1.25. The van der Waals surface area contributed by atoms with E-state index in [4.69, 9.17) is 4.74 Å². The normalized spacial score (nSPS) is 23.3. The molecule has 184 valence electrons. The maximum absolute atomic E-state index is 5.89. The third-order valence-electron chi connectivity index (χ3n) is 8.21. The van der Waals surface area contributed by atoms with Crippen LogP contribution in [0.1, 0.15) is 123 Å². The van der Waals surface area contributed by atoms with Gasteiger partial charge in [0.05, 0.1) is 0 Å². The van der Waals surface area contributed by atoms with Gasteiger partial charge in [0.2, 0.25) is 0 Å². The van der Waals surface area contributed by atoms with Crippen LogP contribution in [0.4, 0.5) is 0 Å². The zero-order valence-corrected chi connectivity index (χ0v) is 24.1. The Balaban J connectivity index is 0.000000423. The summed E-state index contributed by atoms with van der Waals surface area (Å²) in [6.07, 6.45) is 39.8. The third kappa shape index (κ3) is 8.51. The van der Waals surface area contributed by atoms with E-state index in [1.54, 1.807) is 0 Å². The van der Waals surface area contributed by atoms with Crippen molar-refractivity contribution in [2.75, 3.05) is 0 Å². The zero-order valence-electron chi connectivity index (χ0n) is 21.7. The summed E-state index contributed by atoms with van der Waals surface area (Å²) in [5, 5.41) is 0. The fraction of sp³-hybridized carbons (Fsp3) is 0.733. The van der Waals surface area contributed by atoms with Crippen molar-refractivity contribution in [3.8, 4) is 0 Å². The van der Waals surface area contributed by atoms with Gasteiger partial charge in [0.25, 0.3) is 0 Å². The van der Waals surface area contributed by atoms with E-state index >= 15 is 0 Å². The van der Waals surface area contributed by atoms with Crippen molar-refractivity contribution in [2.45, 2.75) is 140 Å². The monoisotopic (exact) mass is 503 g/mol. The number of hydrogen-bond acceptors (Lipinski definition) is 1. The molecule has 0 bridgehead atoms. The first-order valence-electron chi connectivity index (χ1n) is 14.1. The Hall–Kier alpha value is -0.0957. The first-order chi connectivity index (χ1) is 15.8. The standard InChI is InChI=1S/C23H38NP.C7H12.Ti/c1-4-14-21(15-5-1)25(22-16-6-2-7-17-22,23-18-8-3-9-19-23)24-20-12-10-11-13-20;1-3-5-7-6-4-2;/h10-12,21-23H,1-9,13-19H2;3,5-7H,4H2,1-2H3;. The molecule has 0 aromatic heterocycles. The molecule has 0 heterocycles. The molecule has 0 amide bonds. The molecule has 1 nitrogen and oxygen atoms in total. The van der Waals surface area contributed by atoms with E-state index in [2.05, 4.69) is 37.3 Å². The van der Waals surface area contributed by atoms with Gasteiger partial charge in [-0.3, -0.25) is 4.74 Å². The van der Waals surface area contributed by atoms with Crippen LogP contribution in [0.2, 0.25) is 0 Å². The summed E-state index contributed by atoms with van der Waals surface area (Å²) < 4.78 is 5.89. The SMILES string of the molecule is C1=CCC(N=P(C2CCCCC2)(C2CCCCC2)C2CCCCC2)=C1.CC=CC=CCC.[Ti]. The molecule has 0 aromatic carbocycles. The average Bonchev–Trinajstić information content (AvgIpc) is 3.38. The minimum absolute atomic E-state index is 0. The summed E-state index contributed by atoms with van der Waals surface area (Å²) in [4.78, 5) is 0. The molecule has 0 N–H and O–H groups in total. The average molecular weight is 504 g/mol. The van der Waals surface area contributed by atoms with Crippen LogP contribution >= 0.6 is 7.05 Å². The smallest absolute Gasteiger partial charge is 0.0425 e. The van der Waals surface area contributed by atoms with Gasteiger partial charge < -0.3 is 0 Å². The van der Waals surface area contributed by atoms with Crippen LogP contribution in [0.25, 0.3) is 0 Å². The zero-order chi connectivity index (χ0) is 22.5. The van der Waals surface area contributed by atoms with Gasteiger partial charge in [-0.2, -0.15) is 0 Å². The van der Waals surface area contributed by atoms with E-state index in [0.29, 0.717) is 0 Å². The predicted octanol–water partition coefficient (Wildman–Crippen LogP) is 10.6. The molecule has 4 aliphatic carbocycles. The summed E-state index contributed by atoms with van der Waals surface area (Å²) in [5.74, 6) is 0. The van der Waals surface area contributed by atoms with E-state index in [-0.39, 0.29) is 21.7 Å². The van der Waals surface area contributed by atoms with Crippen LogP contribution in [0.3, 0.4) is 0 Å². The molecule has 0 atom stereocenters. The Kier molecular flexibility index (Phi) is 14.6. The van der Waals surface area contributed by atoms with Crippen LogP contribution in [0.15, 0.2) is 53.0 Å². The first kappa shape index (κ1) is 29.1. The fourth-order valence-corrected chi connectivity index (χ4v) is 13.1. The van der Waals surface area contributed by atoms with Crippen LogP contribution in [-0.4, -0.2) is 17.0 Å². The number of allylic oxidation sites excluding steroid dienone is 7. The van der Waals surface area contributed by atoms with Gasteiger partial charge in [0.15, 0.2) is 0 Å². The van der Waals surface area contributed by atoms with Crippen molar-refractivity contribution in [3.05, 3.63) is 48.2 Å². The molecule has 0 saturated heterocycles. The molecule has 3 heteroatoms. The maximum atomic E-state index is 5.89. The molecule has 3 fully saturated rings. The van der Waals surface area contributed by atoms with Gasteiger partial charge >= 0.3 is 0 Å². The van der Waals surface area contributed by atoms with Crippen molar-refractivity contribution in [1.29, 1.82) is 0 Å². The summed E-state index contributed by atoms with van der Waals surface area (Å²) >= 11 is 0. The summed E-state index contributed by atoms with van der Waals surface area (Å²) in [7, 11) is -1.25. The summed E-state index contributed by atoms with van der Waals surface area (Å²) in [5.41, 5.74) is 4.40. The van der Waals surface area contributed by atoms with Crippen LogP contribution < -0.4 is 0 Å². The molecule has 0 radical (unpaired) electrons. The van der Waals surface area contributed by atoms with Crippen molar-refractivity contribution >= 4 is 7.05 Å². The minimum Gasteiger partial charge on any atom is -0.271 e. The van der Waals surface area contributed by atoms with Gasteiger partial charge in [0, 0.05) is 33.8 Å². The number of rotatable bonds is 6. The Bertz CT molecular complexity index is 647. The van der Waals surface area contributed by atoms with Crippen LogP contribution in [-0.2, 0) is 21.7 Å². The summed E-state index contributed by atoms with van der Waals surface area (Å²) in [6, 6.07) is 0. The van der Waals surface area contributed by atoms with Gasteiger partial charge in [-0.1, -0.05) is 101 Å². The Morgan fingerprint density at radius 2 is 1.27 bits per heavy atom. The number of hydrogen-bond donors (Lipinski definition) is 0. The molecule has 0 unspecified atom stereocenters. The van der Waals surface area contributed by atoms with Gasteiger partial charge in [-0.05, 0) is 82.0 Å². The van der Waals surface area contributed by atoms with Crippen molar-refractivity contribution < 1.29 is 21.7 Å². The van der Waals surface area contributed by atoms with E-state index in [1.807, 2.05) is 19.1 Å². The molecule has 0 spiro atoms. The maximum Gasteiger partial charge on any atom is 0.0425 e. The van der Waals surface area contributed by atoms with Crippen LogP contribution in [0.5, 0.6) is 0 Å². The second-order valence-electron chi connectivity index (χ2n) is 10.4. The molecule has 4 rings (SSSR count). The van der Waals surface area contributed by atoms with Crippen molar-refractivity contribution in [1.82, 2.24) is 0 Å². The Morgan fingerprint density at radius 3 is 1.64 bits per heavy atom. The number of nitrogens with zero attached hydrogens (tertiary/aromatic N) is 1. The van der Waals surface area contributed by atoms with Gasteiger partial charge in [-0.25, -0.2) is 0 Å². The van der Waals surface area contributed by atoms with Gasteiger partial charge in [0.1, 0.15) is 0 Å². The Morgan fingerprint density at radius 1 is 0.788 bits per heavy atom. The molecule has 0 aliphatic heterocycles. The molecule has 3 saturated carbocycles. The van der Waals surface area contributed by atoms with Gasteiger partial charge in [-0.15, -0.1) is 0 Å². The fourth-order valence-electron chi connectivity index (χ4n) is 6.68. The van der Waals surface area contributed by atoms with Crippen LogP contribution in [0, 0.1) is 0 Å². The predicted molar refractivity (Wildman–Crippen MR) is 146 cm³/mol. The third-order valence-corrected chi connectivity index (χ3v) is 13.9. The quantitative estimate of drug-likeness (QED) is 0.194. The molecular formula is C30H50NPTi. The largest absolute Gasteiger partial charge is 0.271 e. The summed E-state index contributed by atoms with van der Waals surface area (Å²) in [6.45, 7) is 4.14. The molecule has 0 aromatic rings. The molecule has 4 aliphatic rings. The second-order valence-corrected chi connectivity index (χ2v) is 14.4. The van der Waals surface area contributed by atoms with E-state index in [9.17, 15) is 0 Å². The van der Waals surface area contributed by atoms with Crippen molar-refractivity contribution in [2.24, 2.45) is 4.74 Å². The van der Waals surface area contributed by atoms with E-state index in [1.165, 1.54) is 102 Å². The van der Waals surface area contributed by atoms with Crippen molar-refractivity contribution in [3.63, 3.8) is 0 Å². The first-order valence-corrected chi connectivity index (χ1v) is 16.0. The second kappa shape index (κ2) is 16.6. The van der Waals surface area contributed by atoms with E-state index in [0.717, 1.165) is 29.8 Å². The van der Waals surface area contributed by atoms with E-state index < -0.39 is 7.05 Å². The topological polar surface area (TPSA) is 12.4 Å². The Labute approximate surface area is 221 Å². The molecular weight excluding hydrogens is 453 g/mol. The molecule has 33 heavy (non-hydrogen) atoms.